The fraction of sp³-hybridized carbons (Fsp3) is 0.0714. The summed E-state index contributed by atoms with van der Waals surface area (Å²) >= 11 is 5.70. The summed E-state index contributed by atoms with van der Waals surface area (Å²) in [6.07, 6.45) is 0. The lowest BCUT2D eigenvalue weighted by atomic mass is 10.1. The maximum atomic E-state index is 13.4. The first-order chi connectivity index (χ1) is 9.49. The second-order valence-corrected chi connectivity index (χ2v) is 4.38. The van der Waals surface area contributed by atoms with Crippen molar-refractivity contribution in [3.05, 3.63) is 64.2 Å². The van der Waals surface area contributed by atoms with Crippen molar-refractivity contribution < 1.29 is 23.4 Å². The van der Waals surface area contributed by atoms with Crippen molar-refractivity contribution in [1.29, 1.82) is 0 Å². The molecule has 3 nitrogen and oxygen atoms in total. The Hall–Kier alpha value is -2.14. The van der Waals surface area contributed by atoms with Crippen LogP contribution in [0.3, 0.4) is 0 Å². The summed E-state index contributed by atoms with van der Waals surface area (Å²) in [5.74, 6) is -3.44. The van der Waals surface area contributed by atoms with Crippen LogP contribution in [0.15, 0.2) is 36.4 Å². The van der Waals surface area contributed by atoms with E-state index in [0.717, 1.165) is 12.1 Å². The number of carbonyl (C=O) groups is 1. The second-order valence-electron chi connectivity index (χ2n) is 3.95. The van der Waals surface area contributed by atoms with Gasteiger partial charge in [0.05, 0.1) is 5.56 Å². The minimum atomic E-state index is -1.19. The van der Waals surface area contributed by atoms with Gasteiger partial charge in [0.2, 0.25) is 0 Å². The Bertz CT molecular complexity index is 639. The Morgan fingerprint density at radius 1 is 1.20 bits per heavy atom. The first-order valence-corrected chi connectivity index (χ1v) is 5.95. The molecule has 0 aliphatic carbocycles. The van der Waals surface area contributed by atoms with Crippen LogP contribution in [0.1, 0.15) is 15.9 Å². The summed E-state index contributed by atoms with van der Waals surface area (Å²) in [5.41, 5.74) is 0.193. The SMILES string of the molecule is O=C(O)c1cc(Cl)ccc1COc1c(F)cccc1F. The van der Waals surface area contributed by atoms with E-state index in [-0.39, 0.29) is 22.8 Å². The van der Waals surface area contributed by atoms with Gasteiger partial charge in [-0.05, 0) is 24.3 Å². The molecule has 0 spiro atoms. The molecular formula is C14H9ClF2O3. The van der Waals surface area contributed by atoms with Gasteiger partial charge in [0.1, 0.15) is 6.61 Å². The van der Waals surface area contributed by atoms with Crippen LogP contribution >= 0.6 is 11.6 Å². The highest BCUT2D eigenvalue weighted by Gasteiger charge is 2.14. The summed E-state index contributed by atoms with van der Waals surface area (Å²) in [4.78, 5) is 11.1. The van der Waals surface area contributed by atoms with Crippen LogP contribution in [0, 0.1) is 11.6 Å². The molecular weight excluding hydrogens is 290 g/mol. The molecule has 2 aromatic carbocycles. The summed E-state index contributed by atoms with van der Waals surface area (Å²) < 4.78 is 31.8. The zero-order chi connectivity index (χ0) is 14.7. The number of ether oxygens (including phenoxy) is 1. The quantitative estimate of drug-likeness (QED) is 0.931. The Kier molecular flexibility index (Phi) is 4.20. The van der Waals surface area contributed by atoms with E-state index in [1.165, 1.54) is 24.3 Å². The highest BCUT2D eigenvalue weighted by atomic mass is 35.5. The van der Waals surface area contributed by atoms with Crippen molar-refractivity contribution in [2.24, 2.45) is 0 Å². The molecule has 2 rings (SSSR count). The molecule has 0 unspecified atom stereocenters. The number of rotatable bonds is 4. The number of carboxylic acids is 1. The molecule has 104 valence electrons. The third kappa shape index (κ3) is 3.05. The predicted molar refractivity (Wildman–Crippen MR) is 69.1 cm³/mol. The minimum Gasteiger partial charge on any atom is -0.483 e. The van der Waals surface area contributed by atoms with Crippen molar-refractivity contribution in [1.82, 2.24) is 0 Å². The number of hydrogen-bond donors (Lipinski definition) is 1. The molecule has 0 atom stereocenters. The molecule has 0 saturated heterocycles. The monoisotopic (exact) mass is 298 g/mol. The van der Waals surface area contributed by atoms with E-state index in [1.807, 2.05) is 0 Å². The van der Waals surface area contributed by atoms with Crippen molar-refractivity contribution in [2.45, 2.75) is 6.61 Å². The molecule has 0 aliphatic rings. The van der Waals surface area contributed by atoms with Gasteiger partial charge in [0.15, 0.2) is 17.4 Å². The van der Waals surface area contributed by atoms with Gasteiger partial charge in [-0.1, -0.05) is 23.7 Å². The van der Waals surface area contributed by atoms with Gasteiger partial charge in [-0.3, -0.25) is 0 Å². The van der Waals surface area contributed by atoms with Crippen molar-refractivity contribution in [3.63, 3.8) is 0 Å². The smallest absolute Gasteiger partial charge is 0.336 e. The van der Waals surface area contributed by atoms with E-state index >= 15 is 0 Å². The van der Waals surface area contributed by atoms with Crippen molar-refractivity contribution in [3.8, 4) is 5.75 Å². The average molecular weight is 299 g/mol. The molecule has 2 aromatic rings. The number of carboxylic acid groups (broad SMARTS) is 1. The Morgan fingerprint density at radius 2 is 1.85 bits per heavy atom. The fourth-order valence-electron chi connectivity index (χ4n) is 1.64. The maximum absolute atomic E-state index is 13.4. The van der Waals surface area contributed by atoms with E-state index in [0.29, 0.717) is 0 Å². The molecule has 6 heteroatoms. The first kappa shape index (κ1) is 14.3. The van der Waals surface area contributed by atoms with Gasteiger partial charge < -0.3 is 9.84 Å². The summed E-state index contributed by atoms with van der Waals surface area (Å²) in [6, 6.07) is 7.48. The van der Waals surface area contributed by atoms with Gasteiger partial charge in [0, 0.05) is 10.6 Å². The maximum Gasteiger partial charge on any atom is 0.336 e. The fourth-order valence-corrected chi connectivity index (χ4v) is 1.82. The number of halogens is 3. The van der Waals surface area contributed by atoms with Crippen LogP contribution in [-0.4, -0.2) is 11.1 Å². The van der Waals surface area contributed by atoms with E-state index in [2.05, 4.69) is 0 Å². The lowest BCUT2D eigenvalue weighted by molar-refractivity contribution is 0.0694. The van der Waals surface area contributed by atoms with Crippen LogP contribution in [0.4, 0.5) is 8.78 Å². The molecule has 0 saturated carbocycles. The number of hydrogen-bond acceptors (Lipinski definition) is 2. The number of para-hydroxylation sites is 1. The van der Waals surface area contributed by atoms with E-state index < -0.39 is 23.4 Å². The number of aromatic carboxylic acids is 1. The van der Waals surface area contributed by atoms with E-state index in [4.69, 9.17) is 21.4 Å². The van der Waals surface area contributed by atoms with Crippen LogP contribution < -0.4 is 4.74 Å². The molecule has 0 amide bonds. The van der Waals surface area contributed by atoms with Crippen LogP contribution in [0.25, 0.3) is 0 Å². The lowest BCUT2D eigenvalue weighted by Gasteiger charge is -2.10. The standard InChI is InChI=1S/C14H9ClF2O3/c15-9-5-4-8(10(6-9)14(18)19)7-20-13-11(16)2-1-3-12(13)17/h1-6H,7H2,(H,18,19). The molecule has 0 aromatic heterocycles. The Morgan fingerprint density at radius 3 is 2.45 bits per heavy atom. The predicted octanol–water partition coefficient (Wildman–Crippen LogP) is 3.90. The molecule has 0 heterocycles. The molecule has 20 heavy (non-hydrogen) atoms. The third-order valence-electron chi connectivity index (χ3n) is 2.59. The summed E-state index contributed by atoms with van der Waals surface area (Å²) in [7, 11) is 0. The topological polar surface area (TPSA) is 46.5 Å². The first-order valence-electron chi connectivity index (χ1n) is 5.57. The molecule has 0 bridgehead atoms. The highest BCUT2D eigenvalue weighted by Crippen LogP contribution is 2.23. The zero-order valence-corrected chi connectivity index (χ0v) is 10.8. The Labute approximate surface area is 118 Å². The van der Waals surface area contributed by atoms with Gasteiger partial charge in [-0.15, -0.1) is 0 Å². The highest BCUT2D eigenvalue weighted by molar-refractivity contribution is 6.30. The lowest BCUT2D eigenvalue weighted by Crippen LogP contribution is -2.07. The minimum absolute atomic E-state index is 0.0748. The van der Waals surface area contributed by atoms with Crippen LogP contribution in [-0.2, 0) is 6.61 Å². The van der Waals surface area contributed by atoms with Gasteiger partial charge in [-0.2, -0.15) is 0 Å². The third-order valence-corrected chi connectivity index (χ3v) is 2.83. The van der Waals surface area contributed by atoms with Crippen LogP contribution in [0.2, 0.25) is 5.02 Å². The normalized spacial score (nSPS) is 10.3. The average Bonchev–Trinajstić information content (AvgIpc) is 2.39. The largest absolute Gasteiger partial charge is 0.483 e. The Balaban J connectivity index is 2.25. The van der Waals surface area contributed by atoms with E-state index in [1.54, 1.807) is 0 Å². The molecule has 0 aliphatic heterocycles. The van der Waals surface area contributed by atoms with Crippen molar-refractivity contribution in [2.75, 3.05) is 0 Å². The van der Waals surface area contributed by atoms with Gasteiger partial charge in [-0.25, -0.2) is 13.6 Å². The van der Waals surface area contributed by atoms with Crippen LogP contribution in [0.5, 0.6) is 5.75 Å². The van der Waals surface area contributed by atoms with Crippen molar-refractivity contribution >= 4 is 17.6 Å². The molecule has 1 N–H and O–H groups in total. The second kappa shape index (κ2) is 5.88. The molecule has 0 fully saturated rings. The zero-order valence-electron chi connectivity index (χ0n) is 10.1. The summed E-state index contributed by atoms with van der Waals surface area (Å²) in [6.45, 7) is -0.281. The van der Waals surface area contributed by atoms with Gasteiger partial charge >= 0.3 is 5.97 Å². The van der Waals surface area contributed by atoms with E-state index in [9.17, 15) is 13.6 Å². The summed E-state index contributed by atoms with van der Waals surface area (Å²) in [5, 5.41) is 9.29. The van der Waals surface area contributed by atoms with Gasteiger partial charge in [0.25, 0.3) is 0 Å². The number of benzene rings is 2. The molecule has 0 radical (unpaired) electrons.